The van der Waals surface area contributed by atoms with Gasteiger partial charge in [-0.3, -0.25) is 10.3 Å². The number of anilines is 1. The van der Waals surface area contributed by atoms with Crippen molar-refractivity contribution in [2.75, 3.05) is 11.9 Å². The van der Waals surface area contributed by atoms with Crippen LogP contribution >= 0.6 is 0 Å². The largest absolute Gasteiger partial charge is 0.508 e. The first-order chi connectivity index (χ1) is 11.7. The quantitative estimate of drug-likeness (QED) is 0.716. The van der Waals surface area contributed by atoms with Crippen LogP contribution in [0.5, 0.6) is 5.75 Å². The summed E-state index contributed by atoms with van der Waals surface area (Å²) in [6.45, 7) is 3.59. The molecule has 0 saturated heterocycles. The zero-order chi connectivity index (χ0) is 16.9. The maximum Gasteiger partial charge on any atom is 0.413 e. The Bertz CT molecular complexity index is 894. The van der Waals surface area contributed by atoms with Crippen molar-refractivity contribution < 1.29 is 14.6 Å². The third-order valence-electron chi connectivity index (χ3n) is 3.13. The van der Waals surface area contributed by atoms with Crippen LogP contribution in [0, 0.1) is 0 Å². The molecule has 0 fully saturated rings. The Balaban J connectivity index is 1.89. The number of pyridine rings is 1. The number of phenols is 1. The van der Waals surface area contributed by atoms with E-state index in [0.29, 0.717) is 22.7 Å². The van der Waals surface area contributed by atoms with Crippen molar-refractivity contribution in [3.63, 3.8) is 0 Å². The second-order valence-electron chi connectivity index (χ2n) is 4.85. The third kappa shape index (κ3) is 3.46. The van der Waals surface area contributed by atoms with Crippen LogP contribution in [0.15, 0.2) is 55.3 Å². The first kappa shape index (κ1) is 15.4. The summed E-state index contributed by atoms with van der Waals surface area (Å²) in [7, 11) is 0. The molecule has 3 aromatic rings. The van der Waals surface area contributed by atoms with Crippen molar-refractivity contribution >= 4 is 23.1 Å². The maximum absolute atomic E-state index is 11.5. The SMILES string of the molecule is C=CCOC(=O)Nc1ccc2ncc(-c3ccc(O)cc3)nc2n1. The van der Waals surface area contributed by atoms with Gasteiger partial charge in [0.2, 0.25) is 0 Å². The summed E-state index contributed by atoms with van der Waals surface area (Å²) in [4.78, 5) is 24.6. The highest BCUT2D eigenvalue weighted by molar-refractivity contribution is 5.85. The molecule has 2 heterocycles. The summed E-state index contributed by atoms with van der Waals surface area (Å²) in [5.74, 6) is 0.490. The van der Waals surface area contributed by atoms with Gasteiger partial charge in [-0.2, -0.15) is 0 Å². The van der Waals surface area contributed by atoms with Crippen molar-refractivity contribution in [2.24, 2.45) is 0 Å². The van der Waals surface area contributed by atoms with Crippen molar-refractivity contribution in [3.05, 3.63) is 55.3 Å². The van der Waals surface area contributed by atoms with E-state index in [0.717, 1.165) is 5.56 Å². The zero-order valence-corrected chi connectivity index (χ0v) is 12.6. The van der Waals surface area contributed by atoms with E-state index in [9.17, 15) is 9.90 Å². The number of rotatable bonds is 4. The maximum atomic E-state index is 11.5. The highest BCUT2D eigenvalue weighted by Gasteiger charge is 2.08. The summed E-state index contributed by atoms with van der Waals surface area (Å²) >= 11 is 0. The van der Waals surface area contributed by atoms with Gasteiger partial charge >= 0.3 is 6.09 Å². The van der Waals surface area contributed by atoms with Crippen LogP contribution in [0.2, 0.25) is 0 Å². The number of nitrogens with one attached hydrogen (secondary N) is 1. The van der Waals surface area contributed by atoms with Crippen molar-refractivity contribution in [1.29, 1.82) is 0 Å². The molecular weight excluding hydrogens is 308 g/mol. The molecule has 0 aliphatic carbocycles. The Morgan fingerprint density at radius 2 is 2.00 bits per heavy atom. The van der Waals surface area contributed by atoms with Crippen LogP contribution in [0.1, 0.15) is 0 Å². The van der Waals surface area contributed by atoms with Gasteiger partial charge in [0.05, 0.1) is 11.9 Å². The smallest absolute Gasteiger partial charge is 0.413 e. The lowest BCUT2D eigenvalue weighted by molar-refractivity contribution is 0.174. The summed E-state index contributed by atoms with van der Waals surface area (Å²) in [6, 6.07) is 9.94. The van der Waals surface area contributed by atoms with Crippen LogP contribution in [-0.4, -0.2) is 32.8 Å². The van der Waals surface area contributed by atoms with Gasteiger partial charge in [0.1, 0.15) is 23.7 Å². The summed E-state index contributed by atoms with van der Waals surface area (Å²) in [5, 5.41) is 11.9. The molecule has 0 unspecified atom stereocenters. The Morgan fingerprint density at radius 3 is 2.75 bits per heavy atom. The lowest BCUT2D eigenvalue weighted by Crippen LogP contribution is -2.14. The second-order valence-corrected chi connectivity index (χ2v) is 4.85. The minimum atomic E-state index is -0.621. The van der Waals surface area contributed by atoms with Gasteiger partial charge in [0.15, 0.2) is 5.65 Å². The lowest BCUT2D eigenvalue weighted by atomic mass is 10.1. The molecule has 0 radical (unpaired) electrons. The van der Waals surface area contributed by atoms with Crippen molar-refractivity contribution in [1.82, 2.24) is 15.0 Å². The molecule has 0 aliphatic rings. The molecule has 2 N–H and O–H groups in total. The summed E-state index contributed by atoms with van der Waals surface area (Å²) < 4.78 is 4.84. The number of fused-ring (bicyclic) bond motifs is 1. The molecule has 1 amide bonds. The number of hydrogen-bond donors (Lipinski definition) is 2. The number of nitrogens with zero attached hydrogens (tertiary/aromatic N) is 3. The molecule has 1 aromatic carbocycles. The van der Waals surface area contributed by atoms with E-state index in [1.165, 1.54) is 6.08 Å². The molecular formula is C17H14N4O3. The van der Waals surface area contributed by atoms with E-state index in [-0.39, 0.29) is 12.4 Å². The van der Waals surface area contributed by atoms with Gasteiger partial charge in [-0.05, 0) is 36.4 Å². The normalized spacial score (nSPS) is 10.3. The van der Waals surface area contributed by atoms with E-state index >= 15 is 0 Å². The zero-order valence-electron chi connectivity index (χ0n) is 12.6. The average molecular weight is 322 g/mol. The van der Waals surface area contributed by atoms with Gasteiger partial charge in [-0.15, -0.1) is 0 Å². The van der Waals surface area contributed by atoms with Crippen LogP contribution in [0.3, 0.4) is 0 Å². The predicted molar refractivity (Wildman–Crippen MR) is 89.6 cm³/mol. The average Bonchev–Trinajstić information content (AvgIpc) is 2.60. The number of phenolic OH excluding ortho intramolecular Hbond substituents is 1. The Kier molecular flexibility index (Phi) is 4.33. The highest BCUT2D eigenvalue weighted by Crippen LogP contribution is 2.21. The van der Waals surface area contributed by atoms with Crippen LogP contribution < -0.4 is 5.32 Å². The molecule has 7 heteroatoms. The number of ether oxygens (including phenoxy) is 1. The first-order valence-electron chi connectivity index (χ1n) is 7.13. The molecule has 0 atom stereocenters. The minimum absolute atomic E-state index is 0.115. The third-order valence-corrected chi connectivity index (χ3v) is 3.13. The molecule has 7 nitrogen and oxygen atoms in total. The Hall–Kier alpha value is -3.48. The van der Waals surface area contributed by atoms with E-state index in [1.807, 2.05) is 0 Å². The number of hydrogen-bond acceptors (Lipinski definition) is 6. The highest BCUT2D eigenvalue weighted by atomic mass is 16.5. The fraction of sp³-hybridized carbons (Fsp3) is 0.0588. The number of benzene rings is 1. The predicted octanol–water partition coefficient (Wildman–Crippen LogP) is 3.13. The Morgan fingerprint density at radius 1 is 1.21 bits per heavy atom. The van der Waals surface area contributed by atoms with E-state index in [2.05, 4.69) is 26.8 Å². The fourth-order valence-electron chi connectivity index (χ4n) is 2.01. The van der Waals surface area contributed by atoms with Gasteiger partial charge in [0.25, 0.3) is 0 Å². The number of aromatic nitrogens is 3. The second kappa shape index (κ2) is 6.74. The molecule has 3 rings (SSSR count). The van der Waals surface area contributed by atoms with E-state index < -0.39 is 6.09 Å². The van der Waals surface area contributed by atoms with Gasteiger partial charge in [0, 0.05) is 5.56 Å². The van der Waals surface area contributed by atoms with Crippen molar-refractivity contribution in [3.8, 4) is 17.0 Å². The van der Waals surface area contributed by atoms with Gasteiger partial charge in [-0.25, -0.2) is 14.8 Å². The molecule has 24 heavy (non-hydrogen) atoms. The minimum Gasteiger partial charge on any atom is -0.508 e. The molecule has 2 aromatic heterocycles. The molecule has 0 aliphatic heterocycles. The summed E-state index contributed by atoms with van der Waals surface area (Å²) in [6.07, 6.45) is 2.48. The topological polar surface area (TPSA) is 97.2 Å². The van der Waals surface area contributed by atoms with E-state index in [4.69, 9.17) is 4.74 Å². The number of carbonyl (C=O) groups is 1. The summed E-state index contributed by atoms with van der Waals surface area (Å²) in [5.41, 5.74) is 2.40. The van der Waals surface area contributed by atoms with Crippen LogP contribution in [0.4, 0.5) is 10.6 Å². The molecule has 0 saturated carbocycles. The van der Waals surface area contributed by atoms with Gasteiger partial charge < -0.3 is 9.84 Å². The standard InChI is InChI=1S/C17H14N4O3/c1-2-9-24-17(23)21-15-8-7-13-16(20-15)19-14(10-18-13)11-3-5-12(22)6-4-11/h2-8,10,22H,1,9H2,(H,19,20,21,23). The molecule has 120 valence electrons. The van der Waals surface area contributed by atoms with Crippen LogP contribution in [-0.2, 0) is 4.74 Å². The van der Waals surface area contributed by atoms with Gasteiger partial charge in [-0.1, -0.05) is 12.7 Å². The fourth-order valence-corrected chi connectivity index (χ4v) is 2.01. The lowest BCUT2D eigenvalue weighted by Gasteiger charge is -2.06. The molecule has 0 bridgehead atoms. The number of aromatic hydroxyl groups is 1. The number of carbonyl (C=O) groups excluding carboxylic acids is 1. The Labute approximate surface area is 137 Å². The molecule has 0 spiro atoms. The first-order valence-corrected chi connectivity index (χ1v) is 7.13. The van der Waals surface area contributed by atoms with E-state index in [1.54, 1.807) is 42.6 Å². The monoisotopic (exact) mass is 322 g/mol. The van der Waals surface area contributed by atoms with Crippen LogP contribution in [0.25, 0.3) is 22.4 Å². The van der Waals surface area contributed by atoms with Crippen molar-refractivity contribution in [2.45, 2.75) is 0 Å². The number of amides is 1.